The van der Waals surface area contributed by atoms with Gasteiger partial charge in [-0.2, -0.15) is 4.98 Å². The molecule has 1 saturated carbocycles. The second-order valence-corrected chi connectivity index (χ2v) is 12.5. The first-order chi connectivity index (χ1) is 22.5. The van der Waals surface area contributed by atoms with Crippen LogP contribution in [-0.2, 0) is 24.8 Å². The van der Waals surface area contributed by atoms with Crippen molar-refractivity contribution in [1.82, 2.24) is 19.7 Å². The average Bonchev–Trinajstić information content (AvgIpc) is 3.49. The highest BCUT2D eigenvalue weighted by Gasteiger charge is 2.37. The molecule has 1 unspecified atom stereocenters. The molecule has 2 fully saturated rings. The van der Waals surface area contributed by atoms with E-state index in [0.717, 1.165) is 31.2 Å². The molecule has 244 valence electrons. The minimum atomic E-state index is -0.617. The van der Waals surface area contributed by atoms with Crippen molar-refractivity contribution in [2.24, 2.45) is 0 Å². The summed E-state index contributed by atoms with van der Waals surface area (Å²) >= 11 is 1.53. The van der Waals surface area contributed by atoms with Crippen LogP contribution in [-0.4, -0.2) is 77.2 Å². The molecule has 1 N–H and O–H groups in total. The third-order valence-electron chi connectivity index (χ3n) is 8.39. The first-order valence-corrected chi connectivity index (χ1v) is 17.1. The monoisotopic (exact) mass is 647 g/mol. The molecule has 46 heavy (non-hydrogen) atoms. The van der Waals surface area contributed by atoms with E-state index in [9.17, 15) is 9.59 Å². The van der Waals surface area contributed by atoms with Crippen LogP contribution in [0.25, 0.3) is 0 Å². The third-order valence-corrected chi connectivity index (χ3v) is 9.30. The maximum Gasteiger partial charge on any atom is 0.338 e. The van der Waals surface area contributed by atoms with E-state index in [1.54, 1.807) is 15.6 Å². The zero-order valence-electron chi connectivity index (χ0n) is 26.4. The molecule has 1 aromatic heterocycles. The molecule has 1 saturated heterocycles. The molecule has 2 aromatic carbocycles. The Kier molecular flexibility index (Phi) is 10.4. The topological polar surface area (TPSA) is 117 Å². The molecule has 3 aromatic rings. The van der Waals surface area contributed by atoms with Gasteiger partial charge in [0, 0.05) is 24.5 Å². The lowest BCUT2D eigenvalue weighted by Gasteiger charge is -2.30. The summed E-state index contributed by atoms with van der Waals surface area (Å²) in [7, 11) is 0. The highest BCUT2D eigenvalue weighted by Crippen LogP contribution is 2.40. The number of allylic oxidation sites excluding steroid dienone is 1. The van der Waals surface area contributed by atoms with Crippen molar-refractivity contribution < 1.29 is 28.5 Å². The number of thioether (sulfide) groups is 1. The van der Waals surface area contributed by atoms with Gasteiger partial charge in [-0.1, -0.05) is 54.6 Å². The summed E-state index contributed by atoms with van der Waals surface area (Å²) in [5, 5.41) is 8.78. The average molecular weight is 648 g/mol. The number of carbonyl (C=O) groups excluding carboxylic acids is 2. The summed E-state index contributed by atoms with van der Waals surface area (Å²) in [5.74, 6) is 1.71. The zero-order valence-corrected chi connectivity index (χ0v) is 27.2. The van der Waals surface area contributed by atoms with Crippen molar-refractivity contribution in [2.45, 2.75) is 69.0 Å². The number of aromatic nitrogens is 3. The first kappa shape index (κ1) is 31.9. The van der Waals surface area contributed by atoms with Gasteiger partial charge >= 0.3 is 5.97 Å². The molecule has 1 aliphatic carbocycles. The van der Waals surface area contributed by atoms with E-state index < -0.39 is 6.04 Å². The normalized spacial score (nSPS) is 18.5. The van der Waals surface area contributed by atoms with Crippen molar-refractivity contribution >= 4 is 29.6 Å². The molecule has 12 heteroatoms. The Bertz CT molecular complexity index is 1550. The number of nitrogens with one attached hydrogen (secondary N) is 1. The number of esters is 1. The fourth-order valence-corrected chi connectivity index (χ4v) is 6.80. The van der Waals surface area contributed by atoms with Gasteiger partial charge in [-0.05, 0) is 62.8 Å². The number of rotatable bonds is 11. The largest absolute Gasteiger partial charge is 0.490 e. The van der Waals surface area contributed by atoms with Gasteiger partial charge in [-0.25, -0.2) is 9.48 Å². The summed E-state index contributed by atoms with van der Waals surface area (Å²) in [4.78, 5) is 33.2. The number of carbonyl (C=O) groups is 2. The maximum atomic E-state index is 13.9. The molecule has 1 amide bonds. The maximum absolute atomic E-state index is 13.9. The van der Waals surface area contributed by atoms with Gasteiger partial charge in [0.1, 0.15) is 12.1 Å². The van der Waals surface area contributed by atoms with E-state index in [1.165, 1.54) is 23.7 Å². The van der Waals surface area contributed by atoms with E-state index in [2.05, 4.69) is 17.4 Å². The quantitative estimate of drug-likeness (QED) is 0.215. The number of benzene rings is 2. The molecule has 11 nitrogen and oxygen atoms in total. The zero-order chi connectivity index (χ0) is 31.9. The third kappa shape index (κ3) is 7.50. The minimum Gasteiger partial charge on any atom is -0.490 e. The van der Waals surface area contributed by atoms with Crippen LogP contribution in [0, 0.1) is 0 Å². The smallest absolute Gasteiger partial charge is 0.338 e. The van der Waals surface area contributed by atoms with E-state index in [1.807, 2.05) is 44.2 Å². The lowest BCUT2D eigenvalue weighted by Crippen LogP contribution is -2.43. The number of ether oxygens (including phenoxy) is 4. The predicted molar refractivity (Wildman–Crippen MR) is 174 cm³/mol. The summed E-state index contributed by atoms with van der Waals surface area (Å²) < 4.78 is 25.2. The molecule has 0 radical (unpaired) electrons. The van der Waals surface area contributed by atoms with E-state index in [0.29, 0.717) is 72.5 Å². The Morgan fingerprint density at radius 3 is 2.57 bits per heavy atom. The summed E-state index contributed by atoms with van der Waals surface area (Å²) in [6.45, 7) is 6.19. The van der Waals surface area contributed by atoms with Crippen molar-refractivity contribution in [3.8, 4) is 11.5 Å². The minimum absolute atomic E-state index is 0.102. The van der Waals surface area contributed by atoms with Crippen LogP contribution in [0.4, 0.5) is 5.95 Å². The van der Waals surface area contributed by atoms with E-state index in [-0.39, 0.29) is 24.6 Å². The first-order valence-electron chi connectivity index (χ1n) is 16.1. The van der Waals surface area contributed by atoms with E-state index >= 15 is 0 Å². The van der Waals surface area contributed by atoms with Crippen LogP contribution in [0.2, 0.25) is 0 Å². The van der Waals surface area contributed by atoms with Crippen molar-refractivity contribution in [2.75, 3.05) is 44.8 Å². The van der Waals surface area contributed by atoms with Crippen LogP contribution in [0.1, 0.15) is 63.1 Å². The fourth-order valence-electron chi connectivity index (χ4n) is 6.01. The summed E-state index contributed by atoms with van der Waals surface area (Å²) in [6.07, 6.45) is 4.91. The molecular weight excluding hydrogens is 606 g/mol. The number of fused-ring (bicyclic) bond motifs is 1. The predicted octanol–water partition coefficient (Wildman–Crippen LogP) is 5.37. The number of hydrogen-bond donors (Lipinski definition) is 1. The number of anilines is 1. The van der Waals surface area contributed by atoms with Crippen molar-refractivity contribution in [3.63, 3.8) is 0 Å². The lowest BCUT2D eigenvalue weighted by molar-refractivity contribution is -0.146. The second-order valence-electron chi connectivity index (χ2n) is 11.6. The van der Waals surface area contributed by atoms with E-state index in [4.69, 9.17) is 29.0 Å². The molecule has 3 aliphatic rings. The molecule has 3 heterocycles. The van der Waals surface area contributed by atoms with Gasteiger partial charge in [0.2, 0.25) is 11.1 Å². The van der Waals surface area contributed by atoms with Crippen LogP contribution < -0.4 is 14.8 Å². The van der Waals surface area contributed by atoms with Gasteiger partial charge < -0.3 is 29.2 Å². The molecule has 0 spiro atoms. The Morgan fingerprint density at radius 2 is 1.80 bits per heavy atom. The number of hydrogen-bond acceptors (Lipinski definition) is 10. The van der Waals surface area contributed by atoms with Gasteiger partial charge in [-0.15, -0.1) is 5.10 Å². The summed E-state index contributed by atoms with van der Waals surface area (Å²) in [5.41, 5.74) is 3.07. The van der Waals surface area contributed by atoms with Gasteiger partial charge in [0.05, 0.1) is 25.4 Å². The lowest BCUT2D eigenvalue weighted by atomic mass is 9.94. The number of morpholine rings is 1. The molecular formula is C34H41N5O6S. The van der Waals surface area contributed by atoms with Gasteiger partial charge in [0.15, 0.2) is 18.1 Å². The Balaban J connectivity index is 1.30. The number of nitrogens with zero attached hydrogens (tertiary/aromatic N) is 4. The molecule has 6 rings (SSSR count). The SMILES string of the molecule is CCOc1cc(C2C(C(=O)OC3CCCCC3)=C(C)Nc3nc(SCc4ccccc4)nn32)ccc1OCC(=O)N1CCOCC1. The van der Waals surface area contributed by atoms with Gasteiger partial charge in [-0.3, -0.25) is 4.79 Å². The Hall–Kier alpha value is -4.03. The standard InChI is InChI=1S/C34H41N5O6S/c1-3-43-28-20-25(14-15-27(28)44-21-29(40)38-16-18-42-19-17-38)31-30(32(41)45-26-12-8-5-9-13-26)23(2)35-33-36-34(37-39(31)33)46-22-24-10-6-4-7-11-24/h4,6-7,10-11,14-15,20,26,31H,3,5,8-9,12-13,16-19,21-22H2,1-2H3,(H,35,36,37). The van der Waals surface area contributed by atoms with Crippen LogP contribution in [0.5, 0.6) is 11.5 Å². The Morgan fingerprint density at radius 1 is 1.02 bits per heavy atom. The number of amides is 1. The van der Waals surface area contributed by atoms with Crippen molar-refractivity contribution in [1.29, 1.82) is 0 Å². The Labute approximate surface area is 273 Å². The molecule has 1 atom stereocenters. The fraction of sp³-hybridized carbons (Fsp3) is 0.471. The summed E-state index contributed by atoms with van der Waals surface area (Å²) in [6, 6.07) is 15.1. The molecule has 0 bridgehead atoms. The van der Waals surface area contributed by atoms with Gasteiger partial charge in [0.25, 0.3) is 5.91 Å². The highest BCUT2D eigenvalue weighted by atomic mass is 32.2. The van der Waals surface area contributed by atoms with Crippen LogP contribution in [0.3, 0.4) is 0 Å². The molecule has 2 aliphatic heterocycles. The van der Waals surface area contributed by atoms with Crippen LogP contribution in [0.15, 0.2) is 65.0 Å². The highest BCUT2D eigenvalue weighted by molar-refractivity contribution is 7.98. The van der Waals surface area contributed by atoms with Crippen molar-refractivity contribution in [3.05, 3.63) is 70.9 Å². The second kappa shape index (κ2) is 15.0. The van der Waals surface area contributed by atoms with Crippen LogP contribution >= 0.6 is 11.8 Å².